The summed E-state index contributed by atoms with van der Waals surface area (Å²) in [7, 11) is 0. The predicted molar refractivity (Wildman–Crippen MR) is 114 cm³/mol. The van der Waals surface area contributed by atoms with Crippen molar-refractivity contribution in [3.63, 3.8) is 0 Å². The molecule has 0 saturated carbocycles. The zero-order chi connectivity index (χ0) is 18.2. The predicted octanol–water partition coefficient (Wildman–Crippen LogP) is 7.65. The van der Waals surface area contributed by atoms with Crippen molar-refractivity contribution in [3.8, 4) is 11.1 Å². The van der Waals surface area contributed by atoms with E-state index < -0.39 is 0 Å². The second kappa shape index (κ2) is 6.49. The minimum Gasteiger partial charge on any atom is -0.453 e. The Labute approximate surface area is 162 Å². The Morgan fingerprint density at radius 1 is 0.593 bits per heavy atom. The van der Waals surface area contributed by atoms with Crippen molar-refractivity contribution >= 4 is 44.9 Å². The van der Waals surface area contributed by atoms with Gasteiger partial charge in [0.25, 0.3) is 0 Å². The molecule has 1 N–H and O–H groups in total. The van der Waals surface area contributed by atoms with Gasteiger partial charge in [0.2, 0.25) is 0 Å². The van der Waals surface area contributed by atoms with Crippen molar-refractivity contribution in [2.45, 2.75) is 0 Å². The Hall–Kier alpha value is -3.23. The Balaban J connectivity index is 1.73. The molecule has 0 spiro atoms. The second-order valence-corrected chi connectivity index (χ2v) is 6.84. The topological polar surface area (TPSA) is 25.2 Å². The molecule has 0 radical (unpaired) electrons. The molecule has 0 fully saturated rings. The number of halogens is 1. The molecular weight excluding hydrogens is 354 g/mol. The van der Waals surface area contributed by atoms with Crippen LogP contribution in [0, 0.1) is 0 Å². The number of fused-ring (bicyclic) bond motifs is 3. The van der Waals surface area contributed by atoms with E-state index in [2.05, 4.69) is 41.7 Å². The van der Waals surface area contributed by atoms with E-state index in [1.165, 1.54) is 0 Å². The van der Waals surface area contributed by atoms with Gasteiger partial charge in [-0.25, -0.2) is 0 Å². The van der Waals surface area contributed by atoms with Crippen LogP contribution in [0.2, 0.25) is 5.02 Å². The van der Waals surface area contributed by atoms with Gasteiger partial charge in [-0.3, -0.25) is 0 Å². The molecule has 0 bridgehead atoms. The molecule has 2 nitrogen and oxygen atoms in total. The van der Waals surface area contributed by atoms with Crippen molar-refractivity contribution < 1.29 is 4.42 Å². The summed E-state index contributed by atoms with van der Waals surface area (Å²) in [6, 6.07) is 30.4. The molecule has 5 aromatic rings. The van der Waals surface area contributed by atoms with E-state index in [1.807, 2.05) is 54.6 Å². The van der Waals surface area contributed by atoms with E-state index >= 15 is 0 Å². The van der Waals surface area contributed by atoms with Crippen LogP contribution in [-0.4, -0.2) is 0 Å². The fourth-order valence-corrected chi connectivity index (χ4v) is 3.65. The molecule has 0 aliphatic heterocycles. The van der Waals surface area contributed by atoms with Gasteiger partial charge < -0.3 is 9.73 Å². The van der Waals surface area contributed by atoms with E-state index in [0.717, 1.165) is 44.4 Å². The van der Waals surface area contributed by atoms with Crippen LogP contribution in [0.5, 0.6) is 0 Å². The summed E-state index contributed by atoms with van der Waals surface area (Å²) in [5.41, 5.74) is 5.71. The lowest BCUT2D eigenvalue weighted by atomic mass is 10.0. The quantitative estimate of drug-likeness (QED) is 0.353. The van der Waals surface area contributed by atoms with Crippen LogP contribution in [0.3, 0.4) is 0 Å². The standard InChI is InChI=1S/C24H16ClNO/c25-20-13-4-5-14-21(20)26-22-15-7-12-19-18-11-6-10-17(23(18)27-24(19)22)16-8-2-1-3-9-16/h1-15,26H. The Morgan fingerprint density at radius 2 is 1.26 bits per heavy atom. The average molecular weight is 370 g/mol. The number of furan rings is 1. The van der Waals surface area contributed by atoms with Gasteiger partial charge in [0.1, 0.15) is 5.58 Å². The summed E-state index contributed by atoms with van der Waals surface area (Å²) in [5, 5.41) is 6.28. The highest BCUT2D eigenvalue weighted by atomic mass is 35.5. The van der Waals surface area contributed by atoms with Gasteiger partial charge in [-0.05, 0) is 23.8 Å². The molecule has 0 aliphatic carbocycles. The molecule has 0 aliphatic rings. The fourth-order valence-electron chi connectivity index (χ4n) is 3.47. The smallest absolute Gasteiger partial charge is 0.158 e. The molecule has 0 amide bonds. The van der Waals surface area contributed by atoms with Gasteiger partial charge in [-0.15, -0.1) is 0 Å². The largest absolute Gasteiger partial charge is 0.453 e. The van der Waals surface area contributed by atoms with Crippen molar-refractivity contribution in [2.24, 2.45) is 0 Å². The molecule has 27 heavy (non-hydrogen) atoms. The van der Waals surface area contributed by atoms with Gasteiger partial charge in [0.05, 0.1) is 16.4 Å². The van der Waals surface area contributed by atoms with Crippen LogP contribution in [0.15, 0.2) is 95.4 Å². The molecule has 3 heteroatoms. The van der Waals surface area contributed by atoms with Crippen LogP contribution >= 0.6 is 11.6 Å². The summed E-state index contributed by atoms with van der Waals surface area (Å²) >= 11 is 6.32. The minimum absolute atomic E-state index is 0.676. The monoisotopic (exact) mass is 369 g/mol. The highest BCUT2D eigenvalue weighted by Crippen LogP contribution is 2.39. The molecular formula is C24H16ClNO. The van der Waals surface area contributed by atoms with E-state index in [1.54, 1.807) is 0 Å². The molecule has 130 valence electrons. The number of anilines is 2. The molecule has 0 atom stereocenters. The van der Waals surface area contributed by atoms with Gasteiger partial charge in [-0.1, -0.05) is 84.4 Å². The SMILES string of the molecule is Clc1ccccc1Nc1cccc2c1oc1c(-c3ccccc3)cccc12. The van der Waals surface area contributed by atoms with Crippen molar-refractivity contribution in [1.29, 1.82) is 0 Å². The van der Waals surface area contributed by atoms with Crippen molar-refractivity contribution in [2.75, 3.05) is 5.32 Å². The summed E-state index contributed by atoms with van der Waals surface area (Å²) in [5.74, 6) is 0. The van der Waals surface area contributed by atoms with Gasteiger partial charge >= 0.3 is 0 Å². The number of hydrogen-bond acceptors (Lipinski definition) is 2. The average Bonchev–Trinajstić information content (AvgIpc) is 3.10. The molecule has 1 aromatic heterocycles. The first-order valence-electron chi connectivity index (χ1n) is 8.82. The fraction of sp³-hybridized carbons (Fsp3) is 0. The number of hydrogen-bond donors (Lipinski definition) is 1. The normalized spacial score (nSPS) is 11.1. The number of para-hydroxylation sites is 3. The second-order valence-electron chi connectivity index (χ2n) is 6.44. The molecule has 4 aromatic carbocycles. The molecule has 0 unspecified atom stereocenters. The Bertz CT molecular complexity index is 1260. The van der Waals surface area contributed by atoms with Gasteiger partial charge in [-0.2, -0.15) is 0 Å². The summed E-state index contributed by atoms with van der Waals surface area (Å²) in [4.78, 5) is 0. The van der Waals surface area contributed by atoms with Crippen molar-refractivity contribution in [3.05, 3.63) is 96.0 Å². The van der Waals surface area contributed by atoms with Crippen LogP contribution < -0.4 is 5.32 Å². The van der Waals surface area contributed by atoms with E-state index in [-0.39, 0.29) is 0 Å². The first kappa shape index (κ1) is 16.0. The summed E-state index contributed by atoms with van der Waals surface area (Å²) in [6.07, 6.45) is 0. The highest BCUT2D eigenvalue weighted by Gasteiger charge is 2.14. The first-order chi connectivity index (χ1) is 13.3. The number of rotatable bonds is 3. The maximum absolute atomic E-state index is 6.38. The maximum atomic E-state index is 6.38. The lowest BCUT2D eigenvalue weighted by Gasteiger charge is -2.08. The van der Waals surface area contributed by atoms with E-state index in [9.17, 15) is 0 Å². The summed E-state index contributed by atoms with van der Waals surface area (Å²) < 4.78 is 6.38. The lowest BCUT2D eigenvalue weighted by Crippen LogP contribution is -1.91. The molecule has 5 rings (SSSR count). The van der Waals surface area contributed by atoms with Crippen LogP contribution in [0.25, 0.3) is 33.1 Å². The Morgan fingerprint density at radius 3 is 2.07 bits per heavy atom. The lowest BCUT2D eigenvalue weighted by molar-refractivity contribution is 0.671. The van der Waals surface area contributed by atoms with Crippen LogP contribution in [0.4, 0.5) is 11.4 Å². The maximum Gasteiger partial charge on any atom is 0.158 e. The molecule has 0 saturated heterocycles. The van der Waals surface area contributed by atoms with Crippen LogP contribution in [-0.2, 0) is 0 Å². The zero-order valence-electron chi connectivity index (χ0n) is 14.4. The third kappa shape index (κ3) is 2.75. The van der Waals surface area contributed by atoms with Gasteiger partial charge in [0.15, 0.2) is 5.58 Å². The van der Waals surface area contributed by atoms with Crippen molar-refractivity contribution in [1.82, 2.24) is 0 Å². The number of benzene rings is 4. The summed E-state index contributed by atoms with van der Waals surface area (Å²) in [6.45, 7) is 0. The molecule has 1 heterocycles. The van der Waals surface area contributed by atoms with Crippen LogP contribution in [0.1, 0.15) is 0 Å². The van der Waals surface area contributed by atoms with Gasteiger partial charge in [0, 0.05) is 16.3 Å². The minimum atomic E-state index is 0.676. The first-order valence-corrected chi connectivity index (χ1v) is 9.20. The number of nitrogens with one attached hydrogen (secondary N) is 1. The third-order valence-corrected chi connectivity index (χ3v) is 5.08. The van der Waals surface area contributed by atoms with E-state index in [4.69, 9.17) is 16.0 Å². The zero-order valence-corrected chi connectivity index (χ0v) is 15.2. The Kier molecular flexibility index (Phi) is 3.84. The highest BCUT2D eigenvalue weighted by molar-refractivity contribution is 6.33. The van der Waals surface area contributed by atoms with E-state index in [0.29, 0.717) is 5.02 Å². The third-order valence-electron chi connectivity index (χ3n) is 4.75.